The lowest BCUT2D eigenvalue weighted by molar-refractivity contribution is -0.137. The lowest BCUT2D eigenvalue weighted by Gasteiger charge is -2.33. The number of carbonyl (C=O) groups is 1. The monoisotopic (exact) mass is 629 g/mol. The number of nitrogens with zero attached hydrogens (tertiary/aromatic N) is 3. The van der Waals surface area contributed by atoms with Crippen LogP contribution in [0.25, 0.3) is 11.1 Å². The summed E-state index contributed by atoms with van der Waals surface area (Å²) in [4.78, 5) is 17.9. The van der Waals surface area contributed by atoms with Gasteiger partial charge in [-0.05, 0) is 57.4 Å². The van der Waals surface area contributed by atoms with E-state index < -0.39 is 34.8 Å². The third-order valence-corrected chi connectivity index (χ3v) is 7.79. The van der Waals surface area contributed by atoms with E-state index in [-0.39, 0.29) is 50.4 Å². The highest BCUT2D eigenvalue weighted by molar-refractivity contribution is 7.89. The van der Waals surface area contributed by atoms with E-state index in [9.17, 15) is 22.5 Å². The molecule has 2 heterocycles. The average molecular weight is 630 g/mol. The molecule has 228 valence electrons. The number of benzene rings is 2. The van der Waals surface area contributed by atoms with Crippen LogP contribution in [0.5, 0.6) is 5.75 Å². The van der Waals surface area contributed by atoms with Crippen LogP contribution in [0.2, 0.25) is 5.02 Å². The van der Waals surface area contributed by atoms with E-state index in [1.807, 2.05) is 0 Å². The lowest BCUT2D eigenvalue weighted by Crippen LogP contribution is -2.47. The molecular weight excluding hydrogens is 599 g/mol. The summed E-state index contributed by atoms with van der Waals surface area (Å²) in [6.45, 7) is 6.15. The van der Waals surface area contributed by atoms with Crippen LogP contribution >= 0.6 is 11.6 Å². The summed E-state index contributed by atoms with van der Waals surface area (Å²) in [7, 11) is 1.37. The molecule has 1 fully saturated rings. The Balaban J connectivity index is 1.57. The number of anilines is 3. The first-order valence-electron chi connectivity index (χ1n) is 12.8. The number of piperidine rings is 1. The van der Waals surface area contributed by atoms with Gasteiger partial charge >= 0.3 is 12.3 Å². The van der Waals surface area contributed by atoms with Gasteiger partial charge in [-0.15, -0.1) is 9.82 Å². The van der Waals surface area contributed by atoms with Gasteiger partial charge in [-0.2, -0.15) is 18.2 Å². The zero-order valence-electron chi connectivity index (χ0n) is 23.3. The van der Waals surface area contributed by atoms with Crippen molar-refractivity contribution in [2.75, 3.05) is 31.2 Å². The number of carbonyl (C=O) groups excluding carboxylic acids is 1. The molecule has 4 rings (SSSR count). The molecule has 1 atom stereocenters. The fraction of sp³-hybridized carbons (Fsp3) is 0.423. The SMILES string of the molecule is COc1ccc(-c2c(Cl)cc(Nc3n[nH]c(N)n3)cc2C(F)(F)F)cc1[S+]([O-])NC1CCN(C(=O)OC(C)(C)C)CC1. The molecule has 0 radical (unpaired) electrons. The summed E-state index contributed by atoms with van der Waals surface area (Å²) < 4.78 is 70.0. The second kappa shape index (κ2) is 12.5. The van der Waals surface area contributed by atoms with E-state index in [2.05, 4.69) is 25.2 Å². The molecule has 16 heteroatoms. The van der Waals surface area contributed by atoms with Gasteiger partial charge in [0.1, 0.15) is 5.60 Å². The van der Waals surface area contributed by atoms with Crippen LogP contribution in [-0.2, 0) is 22.3 Å². The number of amides is 1. The standard InChI is InChI=1S/C26H31ClF3N7O4S/c1-25(2,3)41-24(38)37-9-7-15(8-10-37)36-42(39)20-11-14(5-6-19(20)40-4)21-17(26(28,29)30)12-16(13-18(21)27)32-23-33-22(31)34-35-23/h5-6,11-13,15,36H,7-10H2,1-4H3,(H4,31,32,33,34,35). The van der Waals surface area contributed by atoms with Gasteiger partial charge in [0.05, 0.1) is 35.1 Å². The maximum atomic E-state index is 14.3. The molecule has 5 N–H and O–H groups in total. The second-order valence-electron chi connectivity index (χ2n) is 10.5. The van der Waals surface area contributed by atoms with Crippen molar-refractivity contribution in [3.05, 3.63) is 40.9 Å². The Hall–Kier alpha value is -3.40. The molecule has 1 unspecified atom stereocenters. The minimum atomic E-state index is -4.78. The largest absolute Gasteiger partial charge is 0.593 e. The van der Waals surface area contributed by atoms with Crippen molar-refractivity contribution in [3.8, 4) is 16.9 Å². The molecule has 11 nitrogen and oxygen atoms in total. The quantitative estimate of drug-likeness (QED) is 0.248. The molecule has 1 amide bonds. The van der Waals surface area contributed by atoms with E-state index in [4.69, 9.17) is 26.8 Å². The fourth-order valence-corrected chi connectivity index (χ4v) is 5.92. The number of alkyl halides is 3. The highest BCUT2D eigenvalue weighted by Gasteiger charge is 2.36. The Morgan fingerprint density at radius 2 is 1.90 bits per heavy atom. The van der Waals surface area contributed by atoms with E-state index in [0.29, 0.717) is 25.9 Å². The Bertz CT molecular complexity index is 1430. The third-order valence-electron chi connectivity index (χ3n) is 6.23. The van der Waals surface area contributed by atoms with Crippen molar-refractivity contribution in [1.82, 2.24) is 24.8 Å². The Morgan fingerprint density at radius 3 is 2.48 bits per heavy atom. The number of methoxy groups -OCH3 is 1. The fourth-order valence-electron chi connectivity index (χ4n) is 4.35. The average Bonchev–Trinajstić information content (AvgIpc) is 3.31. The Labute approximate surface area is 248 Å². The lowest BCUT2D eigenvalue weighted by atomic mass is 9.98. The number of nitrogen functional groups attached to an aromatic ring is 1. The van der Waals surface area contributed by atoms with Crippen LogP contribution in [0, 0.1) is 0 Å². The summed E-state index contributed by atoms with van der Waals surface area (Å²) >= 11 is 4.55. The van der Waals surface area contributed by atoms with E-state index in [0.717, 1.165) is 6.07 Å². The Kier molecular flexibility index (Phi) is 9.35. The van der Waals surface area contributed by atoms with Gasteiger partial charge in [-0.3, -0.25) is 0 Å². The topological polar surface area (TPSA) is 153 Å². The van der Waals surface area contributed by atoms with Crippen LogP contribution in [0.4, 0.5) is 35.5 Å². The first kappa shape index (κ1) is 31.5. The van der Waals surface area contributed by atoms with Crippen molar-refractivity contribution < 1.29 is 32.0 Å². The number of aromatic amines is 1. The predicted octanol–water partition coefficient (Wildman–Crippen LogP) is 5.49. The molecule has 2 aromatic carbocycles. The number of likely N-dealkylation sites (tertiary alicyclic amines) is 1. The van der Waals surface area contributed by atoms with Crippen LogP contribution in [0.1, 0.15) is 39.2 Å². The summed E-state index contributed by atoms with van der Waals surface area (Å²) in [5, 5.41) is 8.58. The van der Waals surface area contributed by atoms with Gasteiger partial charge in [0.2, 0.25) is 16.8 Å². The first-order valence-corrected chi connectivity index (χ1v) is 14.4. The van der Waals surface area contributed by atoms with Gasteiger partial charge in [0.15, 0.2) is 5.75 Å². The normalized spacial score (nSPS) is 15.4. The molecule has 1 aromatic heterocycles. The van der Waals surface area contributed by atoms with Crippen LogP contribution in [-0.4, -0.2) is 62.6 Å². The molecule has 0 spiro atoms. The first-order chi connectivity index (χ1) is 19.6. The minimum Gasteiger partial charge on any atom is -0.593 e. The predicted molar refractivity (Wildman–Crippen MR) is 153 cm³/mol. The van der Waals surface area contributed by atoms with Gasteiger partial charge in [-0.25, -0.2) is 9.89 Å². The van der Waals surface area contributed by atoms with Crippen molar-refractivity contribution >= 4 is 46.6 Å². The number of ether oxygens (including phenoxy) is 2. The number of H-pyrrole nitrogens is 1. The van der Waals surface area contributed by atoms with Gasteiger partial charge in [-0.1, -0.05) is 17.7 Å². The molecule has 0 bridgehead atoms. The number of nitrogens with one attached hydrogen (secondary N) is 3. The number of aromatic nitrogens is 3. The second-order valence-corrected chi connectivity index (χ2v) is 12.2. The summed E-state index contributed by atoms with van der Waals surface area (Å²) in [6.07, 6.45) is -4.20. The zero-order valence-corrected chi connectivity index (χ0v) is 24.8. The molecule has 0 aliphatic carbocycles. The number of hydrogen-bond donors (Lipinski definition) is 4. The van der Waals surface area contributed by atoms with Crippen molar-refractivity contribution in [1.29, 1.82) is 0 Å². The van der Waals surface area contributed by atoms with Gasteiger partial charge in [0, 0.05) is 30.4 Å². The molecule has 1 aliphatic rings. The van der Waals surface area contributed by atoms with Crippen LogP contribution in [0.3, 0.4) is 0 Å². The summed E-state index contributed by atoms with van der Waals surface area (Å²) in [6, 6.07) is 6.17. The molecule has 1 saturated heterocycles. The van der Waals surface area contributed by atoms with E-state index >= 15 is 0 Å². The zero-order chi connectivity index (χ0) is 30.8. The highest BCUT2D eigenvalue weighted by atomic mass is 35.5. The molecule has 0 saturated carbocycles. The molecule has 42 heavy (non-hydrogen) atoms. The van der Waals surface area contributed by atoms with Crippen LogP contribution in [0.15, 0.2) is 35.2 Å². The van der Waals surface area contributed by atoms with Crippen molar-refractivity contribution in [2.45, 2.75) is 56.3 Å². The Morgan fingerprint density at radius 1 is 1.21 bits per heavy atom. The number of hydrogen-bond acceptors (Lipinski definition) is 9. The summed E-state index contributed by atoms with van der Waals surface area (Å²) in [5.41, 5.74) is 3.63. The molecule has 3 aromatic rings. The maximum Gasteiger partial charge on any atom is 0.417 e. The van der Waals surface area contributed by atoms with E-state index in [1.165, 1.54) is 31.4 Å². The third kappa shape index (κ3) is 7.70. The van der Waals surface area contributed by atoms with Gasteiger partial charge < -0.3 is 30.0 Å². The number of rotatable bonds is 7. The van der Waals surface area contributed by atoms with Crippen LogP contribution < -0.4 is 20.5 Å². The maximum absolute atomic E-state index is 14.3. The van der Waals surface area contributed by atoms with E-state index in [1.54, 1.807) is 25.7 Å². The smallest absolute Gasteiger partial charge is 0.417 e. The molecule has 1 aliphatic heterocycles. The number of halogens is 4. The highest BCUT2D eigenvalue weighted by Crippen LogP contribution is 2.44. The molecular formula is C26H31ClF3N7O4S. The number of nitrogens with two attached hydrogens (primary N) is 1. The minimum absolute atomic E-state index is 0.00761. The van der Waals surface area contributed by atoms with Crippen molar-refractivity contribution in [3.63, 3.8) is 0 Å². The summed E-state index contributed by atoms with van der Waals surface area (Å²) in [5.74, 6) is 0.174. The van der Waals surface area contributed by atoms with Gasteiger partial charge in [0.25, 0.3) is 0 Å². The van der Waals surface area contributed by atoms with Crippen molar-refractivity contribution in [2.24, 2.45) is 0 Å².